The van der Waals surface area contributed by atoms with Crippen LogP contribution in [0.3, 0.4) is 0 Å². The van der Waals surface area contributed by atoms with Crippen molar-refractivity contribution in [2.24, 2.45) is 0 Å². The van der Waals surface area contributed by atoms with Crippen LogP contribution in [-0.2, 0) is 6.61 Å². The number of nitrogens with one attached hydrogen (secondary N) is 1. The number of rotatable bonds is 9. The number of carbonyl (C=O) groups excluding carboxylic acids is 1. The largest absolute Gasteiger partial charge is 0.493 e. The number of benzene rings is 2. The molecule has 4 heteroatoms. The van der Waals surface area contributed by atoms with Crippen LogP contribution in [0.1, 0.15) is 55.1 Å². The first-order valence-electron chi connectivity index (χ1n) is 9.30. The zero-order chi connectivity index (χ0) is 18.9. The van der Waals surface area contributed by atoms with Gasteiger partial charge in [0.1, 0.15) is 18.1 Å². The fourth-order valence-electron chi connectivity index (χ4n) is 2.82. The normalized spacial score (nSPS) is 11.7. The Labute approximate surface area is 156 Å². The maximum Gasteiger partial charge on any atom is 0.251 e. The molecule has 140 valence electrons. The predicted molar refractivity (Wildman–Crippen MR) is 105 cm³/mol. The second-order valence-electron chi connectivity index (χ2n) is 6.47. The predicted octanol–water partition coefficient (Wildman–Crippen LogP) is 4.89. The van der Waals surface area contributed by atoms with E-state index in [9.17, 15) is 4.79 Å². The highest BCUT2D eigenvalue weighted by Gasteiger charge is 2.13. The average molecular weight is 355 g/mol. The molecule has 2 aromatic rings. The summed E-state index contributed by atoms with van der Waals surface area (Å²) in [6.45, 7) is 9.01. The van der Waals surface area contributed by atoms with E-state index in [1.807, 2.05) is 57.2 Å². The van der Waals surface area contributed by atoms with Crippen LogP contribution in [0.5, 0.6) is 11.5 Å². The molecule has 0 aromatic heterocycles. The van der Waals surface area contributed by atoms with Crippen LogP contribution in [0, 0.1) is 6.92 Å². The Morgan fingerprint density at radius 3 is 2.54 bits per heavy atom. The topological polar surface area (TPSA) is 47.6 Å². The fourth-order valence-corrected chi connectivity index (χ4v) is 2.82. The SMILES string of the molecule is CCCC(C)NC(=O)c1ccc(OCC)c(COc2ccccc2C)c1. The molecule has 0 aliphatic rings. The molecule has 26 heavy (non-hydrogen) atoms. The molecular weight excluding hydrogens is 326 g/mol. The Balaban J connectivity index is 2.16. The zero-order valence-corrected chi connectivity index (χ0v) is 16.2. The van der Waals surface area contributed by atoms with Crippen LogP contribution in [0.15, 0.2) is 42.5 Å². The molecule has 0 radical (unpaired) electrons. The minimum atomic E-state index is -0.0638. The number of aryl methyl sites for hydroxylation is 1. The third kappa shape index (κ3) is 5.51. The Kier molecular flexibility index (Phi) is 7.52. The molecular formula is C22H29NO3. The number of amides is 1. The van der Waals surface area contributed by atoms with E-state index in [0.717, 1.165) is 35.5 Å². The fraction of sp³-hybridized carbons (Fsp3) is 0.409. The summed E-state index contributed by atoms with van der Waals surface area (Å²) >= 11 is 0. The van der Waals surface area contributed by atoms with Crippen molar-refractivity contribution in [2.45, 2.75) is 53.2 Å². The highest BCUT2D eigenvalue weighted by atomic mass is 16.5. The molecule has 0 fully saturated rings. The van der Waals surface area contributed by atoms with E-state index in [0.29, 0.717) is 18.8 Å². The first-order valence-corrected chi connectivity index (χ1v) is 9.30. The summed E-state index contributed by atoms with van der Waals surface area (Å²) < 4.78 is 11.7. The van der Waals surface area contributed by atoms with Gasteiger partial charge in [-0.2, -0.15) is 0 Å². The van der Waals surface area contributed by atoms with Crippen LogP contribution >= 0.6 is 0 Å². The summed E-state index contributed by atoms with van der Waals surface area (Å²) in [7, 11) is 0. The maximum atomic E-state index is 12.5. The summed E-state index contributed by atoms with van der Waals surface area (Å²) in [4.78, 5) is 12.5. The van der Waals surface area contributed by atoms with Gasteiger partial charge in [0.25, 0.3) is 5.91 Å². The van der Waals surface area contributed by atoms with Gasteiger partial charge in [0.15, 0.2) is 0 Å². The minimum Gasteiger partial charge on any atom is -0.493 e. The Bertz CT molecular complexity index is 727. The lowest BCUT2D eigenvalue weighted by molar-refractivity contribution is 0.0938. The summed E-state index contributed by atoms with van der Waals surface area (Å²) in [6.07, 6.45) is 2.01. The highest BCUT2D eigenvalue weighted by Crippen LogP contribution is 2.24. The highest BCUT2D eigenvalue weighted by molar-refractivity contribution is 5.94. The van der Waals surface area contributed by atoms with E-state index < -0.39 is 0 Å². The zero-order valence-electron chi connectivity index (χ0n) is 16.2. The van der Waals surface area contributed by atoms with Crippen LogP contribution in [0.2, 0.25) is 0 Å². The Morgan fingerprint density at radius 2 is 1.85 bits per heavy atom. The summed E-state index contributed by atoms with van der Waals surface area (Å²) in [6, 6.07) is 13.6. The Hall–Kier alpha value is -2.49. The van der Waals surface area contributed by atoms with Gasteiger partial charge >= 0.3 is 0 Å². The molecule has 0 heterocycles. The van der Waals surface area contributed by atoms with E-state index in [-0.39, 0.29) is 11.9 Å². The van der Waals surface area contributed by atoms with Crippen LogP contribution in [-0.4, -0.2) is 18.6 Å². The lowest BCUT2D eigenvalue weighted by atomic mass is 10.1. The molecule has 0 saturated heterocycles. The van der Waals surface area contributed by atoms with Crippen molar-refractivity contribution in [1.29, 1.82) is 0 Å². The van der Waals surface area contributed by atoms with Crippen LogP contribution in [0.4, 0.5) is 0 Å². The van der Waals surface area contributed by atoms with Crippen molar-refractivity contribution >= 4 is 5.91 Å². The van der Waals surface area contributed by atoms with Gasteiger partial charge in [-0.05, 0) is 57.0 Å². The quantitative estimate of drug-likeness (QED) is 0.696. The molecule has 0 aliphatic carbocycles. The number of para-hydroxylation sites is 1. The second-order valence-corrected chi connectivity index (χ2v) is 6.47. The molecule has 0 aliphatic heterocycles. The first kappa shape index (κ1) is 19.8. The van der Waals surface area contributed by atoms with E-state index in [1.54, 1.807) is 6.07 Å². The summed E-state index contributed by atoms with van der Waals surface area (Å²) in [5, 5.41) is 3.04. The van der Waals surface area contributed by atoms with Crippen molar-refractivity contribution in [2.75, 3.05) is 6.61 Å². The van der Waals surface area contributed by atoms with Crippen LogP contribution in [0.25, 0.3) is 0 Å². The first-order chi connectivity index (χ1) is 12.5. The van der Waals surface area contributed by atoms with E-state index in [1.165, 1.54) is 0 Å². The third-order valence-electron chi connectivity index (χ3n) is 4.20. The van der Waals surface area contributed by atoms with Crippen molar-refractivity contribution in [3.05, 3.63) is 59.2 Å². The van der Waals surface area contributed by atoms with Gasteiger partial charge in [-0.15, -0.1) is 0 Å². The molecule has 1 atom stereocenters. The summed E-state index contributed by atoms with van der Waals surface area (Å²) in [5.74, 6) is 1.52. The van der Waals surface area contributed by atoms with Crippen molar-refractivity contribution in [3.8, 4) is 11.5 Å². The molecule has 2 rings (SSSR count). The third-order valence-corrected chi connectivity index (χ3v) is 4.20. The standard InChI is InChI=1S/C22H29NO3/c1-5-9-17(4)23-22(24)18-12-13-21(25-6-2)19(14-18)15-26-20-11-8-7-10-16(20)3/h7-8,10-14,17H,5-6,9,15H2,1-4H3,(H,23,24). The van der Waals surface area contributed by atoms with E-state index in [2.05, 4.69) is 12.2 Å². The van der Waals surface area contributed by atoms with Crippen molar-refractivity contribution in [3.63, 3.8) is 0 Å². The second kappa shape index (κ2) is 9.85. The maximum absolute atomic E-state index is 12.5. The van der Waals surface area contributed by atoms with Gasteiger partial charge in [-0.1, -0.05) is 31.5 Å². The molecule has 1 N–H and O–H groups in total. The van der Waals surface area contributed by atoms with E-state index >= 15 is 0 Å². The lowest BCUT2D eigenvalue weighted by Crippen LogP contribution is -2.32. The smallest absolute Gasteiger partial charge is 0.251 e. The molecule has 1 unspecified atom stereocenters. The van der Waals surface area contributed by atoms with Crippen LogP contribution < -0.4 is 14.8 Å². The molecule has 2 aromatic carbocycles. The number of hydrogen-bond acceptors (Lipinski definition) is 3. The van der Waals surface area contributed by atoms with Gasteiger partial charge < -0.3 is 14.8 Å². The molecule has 1 amide bonds. The number of hydrogen-bond donors (Lipinski definition) is 1. The monoisotopic (exact) mass is 355 g/mol. The molecule has 0 spiro atoms. The van der Waals surface area contributed by atoms with E-state index in [4.69, 9.17) is 9.47 Å². The number of carbonyl (C=O) groups is 1. The molecule has 0 saturated carbocycles. The number of ether oxygens (including phenoxy) is 2. The summed E-state index contributed by atoms with van der Waals surface area (Å²) in [5.41, 5.74) is 2.57. The molecule has 0 bridgehead atoms. The Morgan fingerprint density at radius 1 is 1.08 bits per heavy atom. The average Bonchev–Trinajstić information content (AvgIpc) is 2.62. The van der Waals surface area contributed by atoms with Gasteiger partial charge in [0.05, 0.1) is 6.61 Å². The van der Waals surface area contributed by atoms with Gasteiger partial charge in [0.2, 0.25) is 0 Å². The van der Waals surface area contributed by atoms with Gasteiger partial charge in [0, 0.05) is 17.2 Å². The van der Waals surface area contributed by atoms with Crippen molar-refractivity contribution < 1.29 is 14.3 Å². The van der Waals surface area contributed by atoms with Crippen molar-refractivity contribution in [1.82, 2.24) is 5.32 Å². The van der Waals surface area contributed by atoms with Gasteiger partial charge in [-0.25, -0.2) is 0 Å². The minimum absolute atomic E-state index is 0.0638. The van der Waals surface area contributed by atoms with Gasteiger partial charge in [-0.3, -0.25) is 4.79 Å². The lowest BCUT2D eigenvalue weighted by Gasteiger charge is -2.16. The molecule has 4 nitrogen and oxygen atoms in total.